The van der Waals surface area contributed by atoms with Crippen LogP contribution in [-0.2, 0) is 9.53 Å². The summed E-state index contributed by atoms with van der Waals surface area (Å²) in [5, 5.41) is 0. The zero-order valence-electron chi connectivity index (χ0n) is 4.89. The maximum Gasteiger partial charge on any atom is 0.365 e. The predicted molar refractivity (Wildman–Crippen MR) is 26.8 cm³/mol. The van der Waals surface area contributed by atoms with Crippen molar-refractivity contribution in [1.82, 2.24) is 0 Å². The number of carbonyl (C=O) groups is 1. The third-order valence-corrected chi connectivity index (χ3v) is 1.48. The molecule has 3 nitrogen and oxygen atoms in total. The lowest BCUT2D eigenvalue weighted by Gasteiger charge is -1.95. The fourth-order valence-corrected chi connectivity index (χ4v) is 0.669. The maximum atomic E-state index is 10.5. The first-order valence-electron chi connectivity index (χ1n) is 2.71. The van der Waals surface area contributed by atoms with E-state index in [9.17, 15) is 4.79 Å². The zero-order chi connectivity index (χ0) is 6.15. The molecule has 1 aliphatic rings. The summed E-state index contributed by atoms with van der Waals surface area (Å²) in [5.41, 5.74) is 3.62. The fraction of sp³-hybridized carbons (Fsp3) is 0.800. The van der Waals surface area contributed by atoms with Crippen LogP contribution in [0.3, 0.4) is 0 Å². The minimum atomic E-state index is -0.155. The molecule has 2 atom stereocenters. The quantitative estimate of drug-likeness (QED) is 0.404. The van der Waals surface area contributed by atoms with E-state index in [1.165, 1.54) is 0 Å². The molecule has 0 aromatic heterocycles. The zero-order valence-corrected chi connectivity index (χ0v) is 4.89. The number of ether oxygens (including phenoxy) is 1. The van der Waals surface area contributed by atoms with Crippen molar-refractivity contribution < 1.29 is 15.3 Å². The Hall–Kier alpha value is -0.570. The number of quaternary nitrogens is 1. The minimum absolute atomic E-state index is 0.130. The number of esters is 1. The molecule has 0 aromatic rings. The molecule has 1 rings (SSSR count). The van der Waals surface area contributed by atoms with Gasteiger partial charge in [-0.2, -0.15) is 0 Å². The minimum Gasteiger partial charge on any atom is -0.461 e. The summed E-state index contributed by atoms with van der Waals surface area (Å²) in [6.45, 7) is 2.51. The van der Waals surface area contributed by atoms with Gasteiger partial charge in [0.25, 0.3) is 0 Å². The van der Waals surface area contributed by atoms with Crippen molar-refractivity contribution in [2.24, 2.45) is 5.92 Å². The van der Waals surface area contributed by atoms with Gasteiger partial charge in [0.1, 0.15) is 6.61 Å². The summed E-state index contributed by atoms with van der Waals surface area (Å²) >= 11 is 0. The highest BCUT2D eigenvalue weighted by Gasteiger charge is 2.33. The first-order valence-corrected chi connectivity index (χ1v) is 2.71. The molecule has 1 aliphatic heterocycles. The Morgan fingerprint density at radius 2 is 2.50 bits per heavy atom. The molecule has 0 saturated carbocycles. The molecule has 0 aromatic carbocycles. The van der Waals surface area contributed by atoms with Crippen LogP contribution in [0.1, 0.15) is 6.92 Å². The van der Waals surface area contributed by atoms with E-state index in [1.54, 1.807) is 0 Å². The van der Waals surface area contributed by atoms with Crippen LogP contribution in [0.25, 0.3) is 0 Å². The summed E-state index contributed by atoms with van der Waals surface area (Å²) < 4.78 is 4.68. The number of carbonyl (C=O) groups excluding carboxylic acids is 1. The van der Waals surface area contributed by atoms with Crippen molar-refractivity contribution in [1.29, 1.82) is 0 Å². The number of hydrogen-bond donors (Lipinski definition) is 1. The lowest BCUT2D eigenvalue weighted by molar-refractivity contribution is -0.410. The Morgan fingerprint density at radius 1 is 1.88 bits per heavy atom. The summed E-state index contributed by atoms with van der Waals surface area (Å²) in [6, 6.07) is -0.130. The van der Waals surface area contributed by atoms with Gasteiger partial charge in [0.05, 0.1) is 5.92 Å². The summed E-state index contributed by atoms with van der Waals surface area (Å²) in [4.78, 5) is 10.5. The second kappa shape index (κ2) is 1.74. The van der Waals surface area contributed by atoms with Gasteiger partial charge in [-0.1, -0.05) is 6.92 Å². The Bertz CT molecular complexity index is 113. The molecule has 1 fully saturated rings. The van der Waals surface area contributed by atoms with Crippen LogP contribution >= 0.6 is 0 Å². The molecule has 3 N–H and O–H groups in total. The molecule has 0 amide bonds. The fourth-order valence-electron chi connectivity index (χ4n) is 0.669. The van der Waals surface area contributed by atoms with Gasteiger partial charge in [-0.3, -0.25) is 0 Å². The van der Waals surface area contributed by atoms with Gasteiger partial charge in [-0.15, -0.1) is 0 Å². The molecule has 0 bridgehead atoms. The van der Waals surface area contributed by atoms with Gasteiger partial charge in [-0.25, -0.2) is 4.79 Å². The average Bonchev–Trinajstić information content (AvgIpc) is 1.98. The number of cyclic esters (lactones) is 1. The Morgan fingerprint density at radius 3 is 2.62 bits per heavy atom. The van der Waals surface area contributed by atoms with Crippen molar-refractivity contribution in [2.45, 2.75) is 13.0 Å². The molecular weight excluding hydrogens is 106 g/mol. The van der Waals surface area contributed by atoms with Gasteiger partial charge >= 0.3 is 5.97 Å². The highest BCUT2D eigenvalue weighted by molar-refractivity contribution is 5.76. The van der Waals surface area contributed by atoms with Gasteiger partial charge < -0.3 is 10.5 Å². The second-order valence-corrected chi connectivity index (χ2v) is 2.21. The highest BCUT2D eigenvalue weighted by atomic mass is 16.5. The van der Waals surface area contributed by atoms with E-state index in [2.05, 4.69) is 10.5 Å². The van der Waals surface area contributed by atoms with Crippen molar-refractivity contribution in [2.75, 3.05) is 6.61 Å². The molecule has 0 spiro atoms. The highest BCUT2D eigenvalue weighted by Crippen LogP contribution is 2.08. The lowest BCUT2D eigenvalue weighted by Crippen LogP contribution is -2.65. The lowest BCUT2D eigenvalue weighted by atomic mass is 10.1. The summed E-state index contributed by atoms with van der Waals surface area (Å²) in [5.74, 6) is 0.153. The van der Waals surface area contributed by atoms with Crippen molar-refractivity contribution in [3.05, 3.63) is 0 Å². The van der Waals surface area contributed by atoms with Crippen LogP contribution in [0.5, 0.6) is 0 Å². The smallest absolute Gasteiger partial charge is 0.365 e. The van der Waals surface area contributed by atoms with Crippen LogP contribution in [0.4, 0.5) is 0 Å². The average molecular weight is 116 g/mol. The van der Waals surface area contributed by atoms with Crippen molar-refractivity contribution in [3.8, 4) is 0 Å². The van der Waals surface area contributed by atoms with Gasteiger partial charge in [0.15, 0.2) is 6.04 Å². The summed E-state index contributed by atoms with van der Waals surface area (Å²) in [7, 11) is 0. The number of hydrogen-bond acceptors (Lipinski definition) is 2. The SMILES string of the molecule is CC1COC(=O)[C@H]1[NH3+]. The Balaban J connectivity index is 2.56. The predicted octanol–water partition coefficient (Wildman–Crippen LogP) is -1.21. The van der Waals surface area contributed by atoms with E-state index < -0.39 is 0 Å². The molecule has 46 valence electrons. The summed E-state index contributed by atoms with van der Waals surface area (Å²) in [6.07, 6.45) is 0. The standard InChI is InChI=1S/C5H9NO2/c1-3-2-8-5(7)4(3)6/h3-4H,2,6H2,1H3/p+1/t3?,4-/m0/s1. The van der Waals surface area contributed by atoms with E-state index >= 15 is 0 Å². The van der Waals surface area contributed by atoms with E-state index in [1.807, 2.05) is 6.92 Å². The molecule has 1 saturated heterocycles. The molecule has 3 heteroatoms. The second-order valence-electron chi connectivity index (χ2n) is 2.21. The Kier molecular flexibility index (Phi) is 1.21. The van der Waals surface area contributed by atoms with Gasteiger partial charge in [-0.05, 0) is 0 Å². The van der Waals surface area contributed by atoms with Crippen LogP contribution in [0, 0.1) is 5.92 Å². The third-order valence-electron chi connectivity index (χ3n) is 1.48. The third kappa shape index (κ3) is 0.690. The molecule has 0 aliphatic carbocycles. The van der Waals surface area contributed by atoms with E-state index in [-0.39, 0.29) is 12.0 Å². The van der Waals surface area contributed by atoms with Crippen molar-refractivity contribution in [3.63, 3.8) is 0 Å². The first-order chi connectivity index (χ1) is 3.72. The number of rotatable bonds is 0. The Labute approximate surface area is 47.8 Å². The molecular formula is C5H10NO2+. The van der Waals surface area contributed by atoms with Gasteiger partial charge in [0, 0.05) is 0 Å². The maximum absolute atomic E-state index is 10.5. The van der Waals surface area contributed by atoms with Crippen LogP contribution in [0.15, 0.2) is 0 Å². The van der Waals surface area contributed by atoms with E-state index in [0.717, 1.165) is 0 Å². The largest absolute Gasteiger partial charge is 0.461 e. The normalized spacial score (nSPS) is 37.5. The molecule has 1 unspecified atom stereocenters. The van der Waals surface area contributed by atoms with Crippen LogP contribution in [-0.4, -0.2) is 18.6 Å². The van der Waals surface area contributed by atoms with Crippen LogP contribution < -0.4 is 5.73 Å². The van der Waals surface area contributed by atoms with E-state index in [0.29, 0.717) is 12.5 Å². The monoisotopic (exact) mass is 116 g/mol. The molecule has 0 radical (unpaired) electrons. The molecule has 8 heavy (non-hydrogen) atoms. The first kappa shape index (κ1) is 5.56. The molecule has 1 heterocycles. The van der Waals surface area contributed by atoms with Crippen LogP contribution in [0.2, 0.25) is 0 Å². The topological polar surface area (TPSA) is 53.9 Å². The van der Waals surface area contributed by atoms with E-state index in [4.69, 9.17) is 0 Å². The van der Waals surface area contributed by atoms with Crippen molar-refractivity contribution >= 4 is 5.97 Å². The van der Waals surface area contributed by atoms with Gasteiger partial charge in [0.2, 0.25) is 0 Å².